The molecule has 0 saturated carbocycles. The topological polar surface area (TPSA) is 95.1 Å². The fourth-order valence-corrected chi connectivity index (χ4v) is 7.94. The molecule has 0 heterocycles. The number of fused-ring (bicyclic) bond motifs is 4. The number of allylic oxidation sites excluding steroid dienone is 3. The fourth-order valence-electron chi connectivity index (χ4n) is 7.94. The molecule has 0 bridgehead atoms. The SMILES string of the molecule is [C-]#[N+]/C(C#N)=C1C(c2c3ccccc3c(N(CC)CC)c3cccc(O)c23)=C(O)C/1=C1\c2ccccc2C(=[N+](CC)CC)c2cccc(O)c21. The van der Waals surface area contributed by atoms with Crippen molar-refractivity contribution in [3.8, 4) is 17.6 Å². The molecule has 5 aromatic rings. The predicted molar refractivity (Wildman–Crippen MR) is 201 cm³/mol. The van der Waals surface area contributed by atoms with Gasteiger partial charge in [-0.25, -0.2) is 14.7 Å². The van der Waals surface area contributed by atoms with Gasteiger partial charge in [0.15, 0.2) is 0 Å². The van der Waals surface area contributed by atoms with Crippen molar-refractivity contribution < 1.29 is 19.9 Å². The summed E-state index contributed by atoms with van der Waals surface area (Å²) in [5.74, 6) is -0.0432. The number of hydrogen-bond donors (Lipinski definition) is 3. The second kappa shape index (κ2) is 12.6. The number of nitrogens with zero attached hydrogens (tertiary/aromatic N) is 4. The van der Waals surface area contributed by atoms with Gasteiger partial charge in [-0.3, -0.25) is 0 Å². The molecule has 0 aromatic heterocycles. The van der Waals surface area contributed by atoms with Gasteiger partial charge < -0.3 is 20.2 Å². The second-order valence-electron chi connectivity index (χ2n) is 12.3. The van der Waals surface area contributed by atoms with Gasteiger partial charge in [-0.2, -0.15) is 0 Å². The minimum absolute atomic E-state index is 0.0307. The molecule has 0 fully saturated rings. The largest absolute Gasteiger partial charge is 0.507 e. The molecule has 2 aliphatic rings. The Balaban J connectivity index is 1.69. The van der Waals surface area contributed by atoms with Crippen LogP contribution in [0, 0.1) is 17.9 Å². The molecule has 2 aliphatic carbocycles. The van der Waals surface area contributed by atoms with Crippen LogP contribution in [0.3, 0.4) is 0 Å². The summed E-state index contributed by atoms with van der Waals surface area (Å²) in [5.41, 5.74) is 6.81. The monoisotopic (exact) mass is 657 g/mol. The van der Waals surface area contributed by atoms with Gasteiger partial charge in [-0.1, -0.05) is 60.7 Å². The average Bonchev–Trinajstić information content (AvgIpc) is 3.14. The molecule has 246 valence electrons. The molecule has 3 N–H and O–H groups in total. The van der Waals surface area contributed by atoms with Crippen molar-refractivity contribution in [3.63, 3.8) is 0 Å². The van der Waals surface area contributed by atoms with Gasteiger partial charge in [0.05, 0.1) is 29.5 Å². The molecule has 0 saturated heterocycles. The Bertz CT molecular complexity index is 2460. The summed E-state index contributed by atoms with van der Waals surface area (Å²) in [6.45, 7) is 19.5. The molecule has 7 rings (SSSR count). The fraction of sp³-hybridized carbons (Fsp3) is 0.186. The van der Waals surface area contributed by atoms with Crippen molar-refractivity contribution in [1.82, 2.24) is 0 Å². The van der Waals surface area contributed by atoms with Crippen molar-refractivity contribution >= 4 is 44.1 Å². The number of aliphatic hydroxyl groups is 1. The first kappa shape index (κ1) is 32.2. The van der Waals surface area contributed by atoms with E-state index in [2.05, 4.69) is 48.1 Å². The van der Waals surface area contributed by atoms with E-state index in [0.717, 1.165) is 70.4 Å². The van der Waals surface area contributed by atoms with Gasteiger partial charge in [-0.05, 0) is 62.9 Å². The van der Waals surface area contributed by atoms with Gasteiger partial charge in [0, 0.05) is 62.7 Å². The smallest absolute Gasteiger partial charge is 0.270 e. The maximum Gasteiger partial charge on any atom is 0.270 e. The Kier molecular flexibility index (Phi) is 8.14. The molecular weight excluding hydrogens is 620 g/mol. The van der Waals surface area contributed by atoms with Crippen molar-refractivity contribution in [2.24, 2.45) is 0 Å². The summed E-state index contributed by atoms with van der Waals surface area (Å²) in [5, 5.41) is 49.1. The molecule has 7 heteroatoms. The number of nitriles is 1. The summed E-state index contributed by atoms with van der Waals surface area (Å²) < 4.78 is 2.25. The number of aliphatic hydroxyl groups excluding tert-OH is 1. The standard InChI is InChI=1S/C43H36N4O3/c1-6-46(7-2)41-27-18-12-10-16-25(27)36(34-29(41)20-14-22-32(34)48)39-38(31(24-44)45-5)40(43(39)50)37-26-17-11-13-19-28(26)42(47(8-3)9-4)30-21-15-23-33(49)35(30)37/h10-23H,6-9H2,1-4H3,(H2-,48,49,50)/p+1. The summed E-state index contributed by atoms with van der Waals surface area (Å²) in [6, 6.07) is 28.7. The highest BCUT2D eigenvalue weighted by atomic mass is 16.3. The Morgan fingerprint density at radius 3 is 1.96 bits per heavy atom. The van der Waals surface area contributed by atoms with E-state index < -0.39 is 0 Å². The zero-order valence-electron chi connectivity index (χ0n) is 28.5. The third-order valence-corrected chi connectivity index (χ3v) is 10.1. The van der Waals surface area contributed by atoms with Crippen LogP contribution in [0.25, 0.3) is 37.5 Å². The number of hydrogen-bond acceptors (Lipinski definition) is 5. The zero-order chi connectivity index (χ0) is 35.3. The average molecular weight is 658 g/mol. The van der Waals surface area contributed by atoms with Crippen LogP contribution in [-0.4, -0.2) is 51.8 Å². The number of phenols is 2. The Labute approximate surface area is 291 Å². The van der Waals surface area contributed by atoms with E-state index in [4.69, 9.17) is 6.57 Å². The van der Waals surface area contributed by atoms with Crippen molar-refractivity contribution in [2.75, 3.05) is 31.1 Å². The lowest BCUT2D eigenvalue weighted by Gasteiger charge is -2.35. The van der Waals surface area contributed by atoms with Gasteiger partial charge >= 0.3 is 0 Å². The maximum atomic E-state index is 12.5. The molecular formula is C43H37N4O3+. The van der Waals surface area contributed by atoms with E-state index in [9.17, 15) is 20.6 Å². The Morgan fingerprint density at radius 2 is 1.30 bits per heavy atom. The zero-order valence-corrected chi connectivity index (χ0v) is 28.5. The molecule has 0 aliphatic heterocycles. The Hall–Kier alpha value is -6.31. The first-order valence-electron chi connectivity index (χ1n) is 17.0. The van der Waals surface area contributed by atoms with E-state index in [1.807, 2.05) is 72.8 Å². The van der Waals surface area contributed by atoms with Crippen LogP contribution < -0.4 is 4.90 Å². The minimum Gasteiger partial charge on any atom is -0.507 e. The number of anilines is 1. The van der Waals surface area contributed by atoms with Gasteiger partial charge in [-0.15, -0.1) is 0 Å². The van der Waals surface area contributed by atoms with Crippen LogP contribution in [0.5, 0.6) is 11.5 Å². The first-order valence-corrected chi connectivity index (χ1v) is 17.0. The van der Waals surface area contributed by atoms with Crippen LogP contribution in [0.15, 0.2) is 108 Å². The predicted octanol–water partition coefficient (Wildman–Crippen LogP) is 8.94. The Morgan fingerprint density at radius 1 is 0.700 bits per heavy atom. The molecule has 0 unspecified atom stereocenters. The van der Waals surface area contributed by atoms with Gasteiger partial charge in [0.1, 0.15) is 30.3 Å². The van der Waals surface area contributed by atoms with Crippen LogP contribution in [0.4, 0.5) is 5.69 Å². The summed E-state index contributed by atoms with van der Waals surface area (Å²) in [4.78, 5) is 5.93. The molecule has 0 amide bonds. The third kappa shape index (κ3) is 4.51. The van der Waals surface area contributed by atoms with Crippen molar-refractivity contribution in [3.05, 3.63) is 147 Å². The lowest BCUT2D eigenvalue weighted by atomic mass is 9.69. The van der Waals surface area contributed by atoms with Crippen molar-refractivity contribution in [1.29, 1.82) is 5.26 Å². The molecule has 50 heavy (non-hydrogen) atoms. The summed E-state index contributed by atoms with van der Waals surface area (Å²) in [6.07, 6.45) is 0. The van der Waals surface area contributed by atoms with E-state index >= 15 is 0 Å². The minimum atomic E-state index is -0.186. The lowest BCUT2D eigenvalue weighted by molar-refractivity contribution is -0.519. The molecule has 0 radical (unpaired) electrons. The second-order valence-corrected chi connectivity index (χ2v) is 12.3. The third-order valence-electron chi connectivity index (χ3n) is 10.1. The highest BCUT2D eigenvalue weighted by Gasteiger charge is 2.43. The van der Waals surface area contributed by atoms with Crippen LogP contribution in [0.1, 0.15) is 55.5 Å². The van der Waals surface area contributed by atoms with E-state index in [1.54, 1.807) is 12.1 Å². The molecule has 5 aromatic carbocycles. The number of rotatable bonds is 6. The normalized spacial score (nSPS) is 16.0. The van der Waals surface area contributed by atoms with Crippen LogP contribution in [0.2, 0.25) is 0 Å². The van der Waals surface area contributed by atoms with Crippen molar-refractivity contribution in [2.45, 2.75) is 27.7 Å². The maximum absolute atomic E-state index is 12.5. The highest BCUT2D eigenvalue weighted by Crippen LogP contribution is 2.57. The summed E-state index contributed by atoms with van der Waals surface area (Å²) in [7, 11) is 0. The molecule has 7 nitrogen and oxygen atoms in total. The highest BCUT2D eigenvalue weighted by molar-refractivity contribution is 6.26. The quantitative estimate of drug-likeness (QED) is 0.0720. The van der Waals surface area contributed by atoms with Crippen LogP contribution >= 0.6 is 0 Å². The van der Waals surface area contributed by atoms with Crippen LogP contribution in [-0.2, 0) is 0 Å². The number of phenolic OH excluding ortho intramolecular Hbond substituents is 2. The summed E-state index contributed by atoms with van der Waals surface area (Å²) >= 11 is 0. The molecule has 0 atom stereocenters. The first-order chi connectivity index (χ1) is 24.4. The number of aromatic hydroxyl groups is 2. The molecule has 0 spiro atoms. The van der Waals surface area contributed by atoms with E-state index in [0.29, 0.717) is 33.2 Å². The van der Waals surface area contributed by atoms with Gasteiger partial charge in [0.2, 0.25) is 5.71 Å². The number of benzene rings is 5. The van der Waals surface area contributed by atoms with E-state index in [1.165, 1.54) is 0 Å². The lowest BCUT2D eigenvalue weighted by Crippen LogP contribution is -2.29. The van der Waals surface area contributed by atoms with Gasteiger partial charge in [0.25, 0.3) is 5.70 Å². The van der Waals surface area contributed by atoms with E-state index in [-0.39, 0.29) is 28.5 Å².